The van der Waals surface area contributed by atoms with Gasteiger partial charge >= 0.3 is 0 Å². The molecule has 0 aliphatic carbocycles. The normalized spacial score (nSPS) is 11.8. The molecule has 0 amide bonds. The SMILES string of the molecule is O=S(=O)(O)c1cc(O)c2c(N=Cc3ccccc3O)cc(S(=O)(=O)O)cc2c1.[Na].[Na]. The molecule has 0 aliphatic heterocycles. The summed E-state index contributed by atoms with van der Waals surface area (Å²) >= 11 is 0. The van der Waals surface area contributed by atoms with Crippen molar-refractivity contribution in [2.45, 2.75) is 9.79 Å². The first-order valence-corrected chi connectivity index (χ1v) is 10.4. The Morgan fingerprint density at radius 3 is 1.83 bits per heavy atom. The van der Waals surface area contributed by atoms with E-state index in [0.29, 0.717) is 5.56 Å². The van der Waals surface area contributed by atoms with Crippen LogP contribution in [0.5, 0.6) is 11.5 Å². The third-order valence-electron chi connectivity index (χ3n) is 3.83. The molecule has 3 rings (SSSR count). The topological polar surface area (TPSA) is 162 Å². The third-order valence-corrected chi connectivity index (χ3v) is 5.49. The molecule has 0 saturated heterocycles. The molecule has 0 unspecified atom stereocenters. The second kappa shape index (κ2) is 10.1. The van der Waals surface area contributed by atoms with Crippen molar-refractivity contribution < 1.29 is 36.2 Å². The van der Waals surface area contributed by atoms with Gasteiger partial charge in [0.2, 0.25) is 0 Å². The number of para-hydroxylation sites is 1. The average Bonchev–Trinajstić information content (AvgIpc) is 2.58. The molecule has 0 atom stereocenters. The molecule has 0 heterocycles. The van der Waals surface area contributed by atoms with E-state index in [9.17, 15) is 36.2 Å². The van der Waals surface area contributed by atoms with Gasteiger partial charge in [-0.25, -0.2) is 0 Å². The summed E-state index contributed by atoms with van der Waals surface area (Å²) in [5, 5.41) is 19.9. The number of phenols is 2. The van der Waals surface area contributed by atoms with E-state index in [1.165, 1.54) is 18.3 Å². The molecule has 2 radical (unpaired) electrons. The minimum absolute atomic E-state index is 0. The second-order valence-electron chi connectivity index (χ2n) is 5.75. The summed E-state index contributed by atoms with van der Waals surface area (Å²) in [4.78, 5) is 2.79. The Morgan fingerprint density at radius 2 is 1.30 bits per heavy atom. The molecule has 148 valence electrons. The number of hydrogen-bond acceptors (Lipinski definition) is 7. The monoisotopic (exact) mass is 469 g/mol. The summed E-state index contributed by atoms with van der Waals surface area (Å²) in [5.74, 6) is -0.684. The Labute approximate surface area is 216 Å². The average molecular weight is 469 g/mol. The fraction of sp³-hybridized carbons (Fsp3) is 0. The first-order chi connectivity index (χ1) is 13.0. The van der Waals surface area contributed by atoms with Gasteiger partial charge in [0.15, 0.2) is 0 Å². The van der Waals surface area contributed by atoms with E-state index in [0.717, 1.165) is 24.3 Å². The van der Waals surface area contributed by atoms with E-state index in [2.05, 4.69) is 4.99 Å². The first kappa shape index (κ1) is 27.0. The molecular weight excluding hydrogens is 456 g/mol. The van der Waals surface area contributed by atoms with Gasteiger partial charge in [0.25, 0.3) is 20.2 Å². The van der Waals surface area contributed by atoms with Crippen LogP contribution in [0.1, 0.15) is 5.56 Å². The van der Waals surface area contributed by atoms with Crippen LogP contribution in [0.2, 0.25) is 0 Å². The molecule has 0 bridgehead atoms. The number of aromatic hydroxyl groups is 2. The van der Waals surface area contributed by atoms with Crippen LogP contribution < -0.4 is 0 Å². The maximum atomic E-state index is 11.6. The van der Waals surface area contributed by atoms with Crippen LogP contribution in [0.4, 0.5) is 5.69 Å². The van der Waals surface area contributed by atoms with Gasteiger partial charge in [-0.2, -0.15) is 16.8 Å². The second-order valence-corrected chi connectivity index (χ2v) is 8.59. The zero-order chi connectivity index (χ0) is 20.7. The molecule has 0 aliphatic rings. The summed E-state index contributed by atoms with van der Waals surface area (Å²) in [6.07, 6.45) is 1.20. The van der Waals surface area contributed by atoms with Crippen LogP contribution in [0, 0.1) is 0 Å². The number of benzene rings is 3. The predicted molar refractivity (Wildman–Crippen MR) is 112 cm³/mol. The Bertz CT molecular complexity index is 1330. The van der Waals surface area contributed by atoms with Crippen molar-refractivity contribution >= 4 is 102 Å². The molecule has 3 aromatic carbocycles. The molecule has 3 aromatic rings. The van der Waals surface area contributed by atoms with Crippen LogP contribution in [0.3, 0.4) is 0 Å². The maximum absolute atomic E-state index is 11.6. The van der Waals surface area contributed by atoms with Gasteiger partial charge in [0, 0.05) is 82.3 Å². The van der Waals surface area contributed by atoms with Crippen molar-refractivity contribution in [3.8, 4) is 11.5 Å². The van der Waals surface area contributed by atoms with Crippen LogP contribution in [-0.2, 0) is 20.2 Å². The Hall–Kier alpha value is -0.990. The third kappa shape index (κ3) is 6.04. The molecule has 9 nitrogen and oxygen atoms in total. The Morgan fingerprint density at radius 1 is 0.767 bits per heavy atom. The maximum Gasteiger partial charge on any atom is 0.294 e. The zero-order valence-electron chi connectivity index (χ0n) is 15.9. The van der Waals surface area contributed by atoms with Crippen molar-refractivity contribution in [2.24, 2.45) is 4.99 Å². The van der Waals surface area contributed by atoms with Crippen LogP contribution in [0.15, 0.2) is 63.3 Å². The summed E-state index contributed by atoms with van der Waals surface area (Å²) in [6, 6.07) is 9.77. The minimum atomic E-state index is -4.69. The smallest absolute Gasteiger partial charge is 0.294 e. The minimum Gasteiger partial charge on any atom is -0.507 e. The number of fused-ring (bicyclic) bond motifs is 1. The quantitative estimate of drug-likeness (QED) is 0.255. The van der Waals surface area contributed by atoms with Crippen LogP contribution in [0.25, 0.3) is 10.8 Å². The number of hydrogen-bond donors (Lipinski definition) is 4. The van der Waals surface area contributed by atoms with Crippen LogP contribution in [-0.4, -0.2) is 101 Å². The van der Waals surface area contributed by atoms with E-state index in [1.807, 2.05) is 0 Å². The molecule has 4 N–H and O–H groups in total. The molecule has 0 fully saturated rings. The van der Waals surface area contributed by atoms with Gasteiger partial charge in [-0.3, -0.25) is 14.1 Å². The zero-order valence-corrected chi connectivity index (χ0v) is 21.5. The van der Waals surface area contributed by atoms with Crippen molar-refractivity contribution in [3.05, 3.63) is 54.1 Å². The summed E-state index contributed by atoms with van der Waals surface area (Å²) in [5.41, 5.74) is 0.176. The number of nitrogens with zero attached hydrogens (tertiary/aromatic N) is 1. The number of aliphatic imine (C=N–C) groups is 1. The predicted octanol–water partition coefficient (Wildman–Crippen LogP) is 1.73. The van der Waals surface area contributed by atoms with Gasteiger partial charge in [-0.1, -0.05) is 12.1 Å². The van der Waals surface area contributed by atoms with E-state index < -0.39 is 35.8 Å². The molecule has 0 aromatic heterocycles. The Kier molecular flexibility index (Phi) is 9.09. The van der Waals surface area contributed by atoms with Gasteiger partial charge in [0.1, 0.15) is 11.5 Å². The van der Waals surface area contributed by atoms with Gasteiger partial charge in [0.05, 0.1) is 15.5 Å². The van der Waals surface area contributed by atoms with Crippen molar-refractivity contribution in [3.63, 3.8) is 0 Å². The number of rotatable bonds is 4. The first-order valence-electron chi connectivity index (χ1n) is 7.54. The summed E-state index contributed by atoms with van der Waals surface area (Å²) in [6.45, 7) is 0. The van der Waals surface area contributed by atoms with E-state index >= 15 is 0 Å². The van der Waals surface area contributed by atoms with Gasteiger partial charge in [-0.05, 0) is 35.7 Å². The fourth-order valence-electron chi connectivity index (χ4n) is 2.55. The van der Waals surface area contributed by atoms with Crippen molar-refractivity contribution in [2.75, 3.05) is 0 Å². The number of phenolic OH excluding ortho intramolecular Hbond substituents is 2. The van der Waals surface area contributed by atoms with Gasteiger partial charge in [-0.15, -0.1) is 0 Å². The molecular formula is C17H13NNa2O8S2. The van der Waals surface area contributed by atoms with Crippen molar-refractivity contribution in [1.29, 1.82) is 0 Å². The van der Waals surface area contributed by atoms with Crippen LogP contribution >= 0.6 is 0 Å². The fourth-order valence-corrected chi connectivity index (χ4v) is 3.63. The largest absolute Gasteiger partial charge is 0.507 e. The van der Waals surface area contributed by atoms with Crippen molar-refractivity contribution in [1.82, 2.24) is 0 Å². The molecule has 13 heteroatoms. The molecule has 0 spiro atoms. The van der Waals surface area contributed by atoms with E-state index in [4.69, 9.17) is 0 Å². The van der Waals surface area contributed by atoms with Gasteiger partial charge < -0.3 is 10.2 Å². The summed E-state index contributed by atoms with van der Waals surface area (Å²) in [7, 11) is -9.37. The standard InChI is InChI=1S/C17H13NO8S2.2Na/c19-15-4-2-1-3-10(15)9-18-14-7-12(27(21,22)23)5-11-6-13(28(24,25)26)8-16(20)17(11)14;;/h1-9,19-20H,(H,21,22,23)(H,24,25,26);;. The molecule has 0 saturated carbocycles. The van der Waals surface area contributed by atoms with E-state index in [1.54, 1.807) is 12.1 Å². The van der Waals surface area contributed by atoms with E-state index in [-0.39, 0.29) is 81.3 Å². The Balaban J connectivity index is 0.00000225. The summed E-state index contributed by atoms with van der Waals surface area (Å²) < 4.78 is 64.4. The molecule has 30 heavy (non-hydrogen) atoms.